The number of morpholine rings is 1. The Morgan fingerprint density at radius 3 is 2.83 bits per heavy atom. The molecular weight excluding hydrogens is 373 g/mol. The van der Waals surface area contributed by atoms with E-state index in [2.05, 4.69) is 20.2 Å². The van der Waals surface area contributed by atoms with Crippen LogP contribution < -0.4 is 5.32 Å². The minimum Gasteiger partial charge on any atom is -0.379 e. The van der Waals surface area contributed by atoms with E-state index in [0.29, 0.717) is 25.5 Å². The molecule has 0 saturated carbocycles. The van der Waals surface area contributed by atoms with E-state index in [1.54, 1.807) is 37.1 Å². The van der Waals surface area contributed by atoms with E-state index in [9.17, 15) is 9.18 Å². The number of halogens is 1. The van der Waals surface area contributed by atoms with Crippen LogP contribution in [0.1, 0.15) is 22.1 Å². The van der Waals surface area contributed by atoms with Gasteiger partial charge < -0.3 is 14.6 Å². The summed E-state index contributed by atoms with van der Waals surface area (Å²) in [6, 6.07) is 9.89. The van der Waals surface area contributed by atoms with Crippen LogP contribution in [0.2, 0.25) is 0 Å². The molecule has 1 aromatic carbocycles. The van der Waals surface area contributed by atoms with Crippen LogP contribution in [0.25, 0.3) is 5.69 Å². The normalized spacial score (nSPS) is 15.8. The maximum Gasteiger partial charge on any atom is 0.270 e. The van der Waals surface area contributed by atoms with Gasteiger partial charge in [0.2, 0.25) is 0 Å². The van der Waals surface area contributed by atoms with Crippen LogP contribution in [-0.4, -0.2) is 58.2 Å². The maximum atomic E-state index is 13.8. The lowest BCUT2D eigenvalue weighted by molar-refractivity contribution is 0.0161. The molecule has 7 nitrogen and oxygen atoms in total. The molecule has 2 aromatic heterocycles. The number of rotatable bonds is 6. The van der Waals surface area contributed by atoms with E-state index in [0.717, 1.165) is 24.3 Å². The molecule has 3 heterocycles. The summed E-state index contributed by atoms with van der Waals surface area (Å²) < 4.78 is 21.0. The van der Waals surface area contributed by atoms with E-state index in [1.807, 2.05) is 16.7 Å². The summed E-state index contributed by atoms with van der Waals surface area (Å²) in [7, 11) is 0. The molecule has 0 bridgehead atoms. The number of nitrogens with zero attached hydrogens (tertiary/aromatic N) is 4. The smallest absolute Gasteiger partial charge is 0.270 e. The van der Waals surface area contributed by atoms with E-state index in [1.165, 1.54) is 12.1 Å². The summed E-state index contributed by atoms with van der Waals surface area (Å²) >= 11 is 0. The predicted octanol–water partition coefficient (Wildman–Crippen LogP) is 2.21. The van der Waals surface area contributed by atoms with Gasteiger partial charge in [0.05, 0.1) is 31.3 Å². The zero-order chi connectivity index (χ0) is 20.1. The molecule has 3 aromatic rings. The second kappa shape index (κ2) is 8.93. The molecule has 0 aliphatic carbocycles. The first-order valence-corrected chi connectivity index (χ1v) is 9.50. The number of ether oxygens (including phenoxy) is 1. The van der Waals surface area contributed by atoms with Crippen molar-refractivity contribution in [3.63, 3.8) is 0 Å². The Morgan fingerprint density at radius 1 is 1.21 bits per heavy atom. The van der Waals surface area contributed by atoms with Crippen LogP contribution in [-0.2, 0) is 4.74 Å². The lowest BCUT2D eigenvalue weighted by atomic mass is 10.0. The Labute approximate surface area is 168 Å². The van der Waals surface area contributed by atoms with Gasteiger partial charge in [-0.25, -0.2) is 9.37 Å². The summed E-state index contributed by atoms with van der Waals surface area (Å²) in [6.45, 7) is 3.04. The highest BCUT2D eigenvalue weighted by molar-refractivity contribution is 5.92. The topological polar surface area (TPSA) is 72.3 Å². The largest absolute Gasteiger partial charge is 0.379 e. The molecule has 1 atom stereocenters. The monoisotopic (exact) mass is 395 g/mol. The van der Waals surface area contributed by atoms with Gasteiger partial charge in [-0.2, -0.15) is 0 Å². The first kappa shape index (κ1) is 19.2. The number of hydrogen-bond donors (Lipinski definition) is 1. The molecule has 8 heteroatoms. The fourth-order valence-corrected chi connectivity index (χ4v) is 3.46. The van der Waals surface area contributed by atoms with E-state index in [4.69, 9.17) is 4.74 Å². The molecule has 1 saturated heterocycles. The number of benzene rings is 1. The number of aromatic nitrogens is 3. The number of carbonyl (C=O) groups excluding carboxylic acids is 1. The molecule has 1 aliphatic heterocycles. The molecule has 1 N–H and O–H groups in total. The summed E-state index contributed by atoms with van der Waals surface area (Å²) in [4.78, 5) is 23.1. The lowest BCUT2D eigenvalue weighted by Gasteiger charge is -2.34. The molecule has 1 fully saturated rings. The van der Waals surface area contributed by atoms with Crippen molar-refractivity contribution in [1.29, 1.82) is 0 Å². The number of imidazole rings is 1. The van der Waals surface area contributed by atoms with Crippen LogP contribution in [0, 0.1) is 5.82 Å². The molecule has 1 aliphatic rings. The van der Waals surface area contributed by atoms with Crippen molar-refractivity contribution < 1.29 is 13.9 Å². The average molecular weight is 395 g/mol. The third-order valence-corrected chi connectivity index (χ3v) is 4.95. The first-order chi connectivity index (χ1) is 14.2. The minimum atomic E-state index is -0.290. The van der Waals surface area contributed by atoms with Crippen molar-refractivity contribution in [2.24, 2.45) is 0 Å². The third kappa shape index (κ3) is 4.67. The van der Waals surface area contributed by atoms with Crippen LogP contribution in [0.15, 0.2) is 61.3 Å². The van der Waals surface area contributed by atoms with Crippen molar-refractivity contribution in [3.05, 3.63) is 78.4 Å². The molecular formula is C21H22FN5O2. The Balaban J connectivity index is 1.49. The van der Waals surface area contributed by atoms with Crippen molar-refractivity contribution in [3.8, 4) is 5.69 Å². The number of carbonyl (C=O) groups is 1. The van der Waals surface area contributed by atoms with E-state index < -0.39 is 0 Å². The Hall–Kier alpha value is -3.10. The predicted molar refractivity (Wildman–Crippen MR) is 105 cm³/mol. The van der Waals surface area contributed by atoms with Crippen molar-refractivity contribution in [2.45, 2.75) is 6.04 Å². The molecule has 150 valence electrons. The van der Waals surface area contributed by atoms with Gasteiger partial charge in [0, 0.05) is 38.2 Å². The van der Waals surface area contributed by atoms with Crippen LogP contribution in [0.3, 0.4) is 0 Å². The second-order valence-corrected chi connectivity index (χ2v) is 6.80. The van der Waals surface area contributed by atoms with E-state index >= 15 is 0 Å². The van der Waals surface area contributed by atoms with Gasteiger partial charge in [0.25, 0.3) is 5.91 Å². The number of nitrogens with one attached hydrogen (secondary N) is 1. The van der Waals surface area contributed by atoms with Gasteiger partial charge >= 0.3 is 0 Å². The highest BCUT2D eigenvalue weighted by Gasteiger charge is 2.24. The molecule has 0 unspecified atom stereocenters. The second-order valence-electron chi connectivity index (χ2n) is 6.80. The highest BCUT2D eigenvalue weighted by Crippen LogP contribution is 2.22. The SMILES string of the molecule is O=C(NC[C@@H](c1cccc(F)c1)N1CCOCC1)c1cc(-n2ccnc2)ccn1. The average Bonchev–Trinajstić information content (AvgIpc) is 3.30. The fraction of sp³-hybridized carbons (Fsp3) is 0.286. The van der Waals surface area contributed by atoms with Gasteiger partial charge in [-0.15, -0.1) is 0 Å². The Bertz CT molecular complexity index is 957. The Kier molecular flexibility index (Phi) is 5.92. The molecule has 0 spiro atoms. The van der Waals surface area contributed by atoms with Crippen molar-refractivity contribution in [1.82, 2.24) is 24.8 Å². The number of amides is 1. The summed E-state index contributed by atoms with van der Waals surface area (Å²) in [5, 5.41) is 2.96. The molecule has 4 rings (SSSR count). The van der Waals surface area contributed by atoms with E-state index in [-0.39, 0.29) is 17.8 Å². The van der Waals surface area contributed by atoms with Gasteiger partial charge in [0.15, 0.2) is 0 Å². The summed E-state index contributed by atoms with van der Waals surface area (Å²) in [5.74, 6) is -0.566. The van der Waals surface area contributed by atoms with Gasteiger partial charge in [-0.1, -0.05) is 12.1 Å². The van der Waals surface area contributed by atoms with Crippen LogP contribution >= 0.6 is 0 Å². The number of hydrogen-bond acceptors (Lipinski definition) is 5. The summed E-state index contributed by atoms with van der Waals surface area (Å²) in [5.41, 5.74) is 1.95. The zero-order valence-corrected chi connectivity index (χ0v) is 15.9. The lowest BCUT2D eigenvalue weighted by Crippen LogP contribution is -2.44. The zero-order valence-electron chi connectivity index (χ0n) is 15.9. The quantitative estimate of drug-likeness (QED) is 0.693. The van der Waals surface area contributed by atoms with Crippen molar-refractivity contribution >= 4 is 5.91 Å². The highest BCUT2D eigenvalue weighted by atomic mass is 19.1. The van der Waals surface area contributed by atoms with Gasteiger partial charge in [0.1, 0.15) is 11.5 Å². The van der Waals surface area contributed by atoms with Gasteiger partial charge in [-0.3, -0.25) is 14.7 Å². The van der Waals surface area contributed by atoms with Crippen LogP contribution in [0.5, 0.6) is 0 Å². The van der Waals surface area contributed by atoms with Crippen molar-refractivity contribution in [2.75, 3.05) is 32.8 Å². The number of pyridine rings is 1. The minimum absolute atomic E-state index is 0.143. The Morgan fingerprint density at radius 2 is 2.07 bits per heavy atom. The summed E-state index contributed by atoms with van der Waals surface area (Å²) in [6.07, 6.45) is 6.73. The third-order valence-electron chi connectivity index (χ3n) is 4.95. The molecule has 29 heavy (non-hydrogen) atoms. The first-order valence-electron chi connectivity index (χ1n) is 9.50. The maximum absolute atomic E-state index is 13.8. The fourth-order valence-electron chi connectivity index (χ4n) is 3.46. The standard InChI is InChI=1S/C21H22FN5O2/c22-17-3-1-2-16(12-17)20(26-8-10-29-11-9-26)14-25-21(28)19-13-18(4-5-24-19)27-7-6-23-15-27/h1-7,12-13,15,20H,8-11,14H2,(H,25,28)/t20-/m0/s1. The van der Waals surface area contributed by atoms with Gasteiger partial charge in [-0.05, 0) is 29.8 Å². The molecule has 1 amide bonds. The molecule has 0 radical (unpaired) electrons. The van der Waals surface area contributed by atoms with Crippen LogP contribution in [0.4, 0.5) is 4.39 Å².